The van der Waals surface area contributed by atoms with Crippen LogP contribution in [0.5, 0.6) is 5.75 Å². The van der Waals surface area contributed by atoms with Gasteiger partial charge in [0.15, 0.2) is 9.84 Å². The van der Waals surface area contributed by atoms with E-state index >= 15 is 0 Å². The van der Waals surface area contributed by atoms with Gasteiger partial charge in [0.2, 0.25) is 0 Å². The van der Waals surface area contributed by atoms with E-state index in [0.717, 1.165) is 0 Å². The Bertz CT molecular complexity index is 576. The fraction of sp³-hybridized carbons (Fsp3) is 0.571. The maximum atomic E-state index is 11.4. The Morgan fingerprint density at radius 1 is 1.52 bits per heavy atom. The van der Waals surface area contributed by atoms with Gasteiger partial charge in [-0.2, -0.15) is 0 Å². The van der Waals surface area contributed by atoms with Gasteiger partial charge in [-0.05, 0) is 25.6 Å². The van der Waals surface area contributed by atoms with Crippen LogP contribution in [-0.4, -0.2) is 62.3 Å². The molecule has 2 unspecified atom stereocenters. The van der Waals surface area contributed by atoms with E-state index in [-0.39, 0.29) is 24.2 Å². The van der Waals surface area contributed by atoms with Crippen molar-refractivity contribution in [2.45, 2.75) is 18.6 Å². The van der Waals surface area contributed by atoms with Crippen LogP contribution in [0.3, 0.4) is 0 Å². The molecular weight excluding hydrogens is 292 g/mol. The summed E-state index contributed by atoms with van der Waals surface area (Å²) in [4.78, 5) is 1.89. The Balaban J connectivity index is 1.78. The van der Waals surface area contributed by atoms with Crippen molar-refractivity contribution in [3.63, 3.8) is 0 Å². The van der Waals surface area contributed by atoms with E-state index in [9.17, 15) is 13.5 Å². The Morgan fingerprint density at radius 2 is 2.29 bits per heavy atom. The topological polar surface area (TPSA) is 92.9 Å². The van der Waals surface area contributed by atoms with Crippen LogP contribution in [0, 0.1) is 0 Å². The van der Waals surface area contributed by atoms with Crippen LogP contribution in [-0.2, 0) is 9.84 Å². The van der Waals surface area contributed by atoms with Crippen molar-refractivity contribution in [3.8, 4) is 5.75 Å². The number of nitrogens with zero attached hydrogens (tertiary/aromatic N) is 1. The molecule has 3 N–H and O–H groups in total. The molecule has 6 nitrogen and oxygen atoms in total. The molecule has 1 fully saturated rings. The standard InChI is InChI=1S/C14H22N2O4S/c1-16(12-5-6-21(18,19)10-12)8-13(17)9-20-14-4-2-3-11(15)7-14/h2-4,7,12-13,17H,5-6,8-10,15H2,1H3. The Labute approximate surface area is 125 Å². The van der Waals surface area contributed by atoms with Gasteiger partial charge >= 0.3 is 0 Å². The molecule has 2 atom stereocenters. The molecule has 21 heavy (non-hydrogen) atoms. The van der Waals surface area contributed by atoms with Gasteiger partial charge in [0.05, 0.1) is 11.5 Å². The van der Waals surface area contributed by atoms with Gasteiger partial charge in [-0.3, -0.25) is 4.90 Å². The summed E-state index contributed by atoms with van der Waals surface area (Å²) in [6, 6.07) is 7.00. The highest BCUT2D eigenvalue weighted by Gasteiger charge is 2.31. The van der Waals surface area contributed by atoms with Crippen LogP contribution in [0.15, 0.2) is 24.3 Å². The number of hydrogen-bond donors (Lipinski definition) is 2. The highest BCUT2D eigenvalue weighted by molar-refractivity contribution is 7.91. The average molecular weight is 314 g/mol. The first-order valence-electron chi connectivity index (χ1n) is 6.93. The highest BCUT2D eigenvalue weighted by atomic mass is 32.2. The second-order valence-electron chi connectivity index (χ2n) is 5.53. The number of nitrogens with two attached hydrogens (primary N) is 1. The summed E-state index contributed by atoms with van der Waals surface area (Å²) in [6.07, 6.45) is -0.0542. The number of likely N-dealkylation sites (N-methyl/N-ethyl adjacent to an activating group) is 1. The predicted molar refractivity (Wildman–Crippen MR) is 82.0 cm³/mol. The Hall–Kier alpha value is -1.31. The maximum Gasteiger partial charge on any atom is 0.151 e. The van der Waals surface area contributed by atoms with Crippen molar-refractivity contribution >= 4 is 15.5 Å². The van der Waals surface area contributed by atoms with Gasteiger partial charge < -0.3 is 15.6 Å². The largest absolute Gasteiger partial charge is 0.491 e. The third-order valence-electron chi connectivity index (χ3n) is 3.63. The maximum absolute atomic E-state index is 11.4. The van der Waals surface area contributed by atoms with E-state index in [4.69, 9.17) is 10.5 Å². The first kappa shape index (κ1) is 16.1. The summed E-state index contributed by atoms with van der Waals surface area (Å²) in [5.74, 6) is 1.02. The van der Waals surface area contributed by atoms with E-state index in [1.165, 1.54) is 0 Å². The highest BCUT2D eigenvalue weighted by Crippen LogP contribution is 2.17. The molecule has 118 valence electrons. The first-order chi connectivity index (χ1) is 9.85. The van der Waals surface area contributed by atoms with E-state index in [1.54, 1.807) is 24.3 Å². The predicted octanol–water partition coefficient (Wildman–Crippen LogP) is 0.127. The number of aliphatic hydroxyl groups is 1. The van der Waals surface area contributed by atoms with Crippen molar-refractivity contribution in [3.05, 3.63) is 24.3 Å². The molecule has 0 aliphatic carbocycles. The Morgan fingerprint density at radius 3 is 2.90 bits per heavy atom. The fourth-order valence-electron chi connectivity index (χ4n) is 2.45. The Kier molecular flexibility index (Phi) is 5.08. The van der Waals surface area contributed by atoms with Crippen LogP contribution in [0.1, 0.15) is 6.42 Å². The molecule has 0 amide bonds. The zero-order valence-electron chi connectivity index (χ0n) is 12.1. The van der Waals surface area contributed by atoms with Crippen LogP contribution in [0.4, 0.5) is 5.69 Å². The number of ether oxygens (including phenoxy) is 1. The van der Waals surface area contributed by atoms with E-state index in [1.807, 2.05) is 11.9 Å². The number of hydrogen-bond acceptors (Lipinski definition) is 6. The molecule has 0 bridgehead atoms. The summed E-state index contributed by atoms with van der Waals surface area (Å²) in [6.45, 7) is 0.524. The van der Waals surface area contributed by atoms with Gasteiger partial charge in [-0.25, -0.2) is 8.42 Å². The molecule has 2 rings (SSSR count). The minimum absolute atomic E-state index is 0.0166. The average Bonchev–Trinajstić information content (AvgIpc) is 2.77. The lowest BCUT2D eigenvalue weighted by atomic mass is 10.2. The number of rotatable bonds is 6. The van der Waals surface area contributed by atoms with Crippen LogP contribution < -0.4 is 10.5 Å². The number of benzene rings is 1. The van der Waals surface area contributed by atoms with Crippen molar-refractivity contribution < 1.29 is 18.3 Å². The van der Waals surface area contributed by atoms with Gasteiger partial charge in [0.1, 0.15) is 18.5 Å². The molecule has 1 aliphatic rings. The number of sulfone groups is 1. The molecule has 1 aromatic rings. The zero-order valence-corrected chi connectivity index (χ0v) is 12.9. The molecule has 0 saturated carbocycles. The van der Waals surface area contributed by atoms with Crippen molar-refractivity contribution in [1.29, 1.82) is 0 Å². The summed E-state index contributed by atoms with van der Waals surface area (Å²) in [5.41, 5.74) is 6.25. The van der Waals surface area contributed by atoms with Crippen molar-refractivity contribution in [2.24, 2.45) is 0 Å². The van der Waals surface area contributed by atoms with Crippen LogP contribution >= 0.6 is 0 Å². The monoisotopic (exact) mass is 314 g/mol. The molecular formula is C14H22N2O4S. The minimum atomic E-state index is -2.90. The lowest BCUT2D eigenvalue weighted by molar-refractivity contribution is 0.0664. The molecule has 1 aliphatic heterocycles. The normalized spacial score (nSPS) is 22.3. The minimum Gasteiger partial charge on any atom is -0.491 e. The van der Waals surface area contributed by atoms with Crippen molar-refractivity contribution in [2.75, 3.05) is 37.4 Å². The van der Waals surface area contributed by atoms with Gasteiger partial charge in [-0.1, -0.05) is 6.07 Å². The lowest BCUT2D eigenvalue weighted by Gasteiger charge is -2.25. The second-order valence-corrected chi connectivity index (χ2v) is 7.76. The summed E-state index contributed by atoms with van der Waals surface area (Å²) >= 11 is 0. The quantitative estimate of drug-likeness (QED) is 0.725. The van der Waals surface area contributed by atoms with Gasteiger partial charge in [-0.15, -0.1) is 0 Å². The molecule has 0 aromatic heterocycles. The number of aliphatic hydroxyl groups excluding tert-OH is 1. The van der Waals surface area contributed by atoms with Gasteiger partial charge in [0, 0.05) is 24.3 Å². The third-order valence-corrected chi connectivity index (χ3v) is 5.38. The van der Waals surface area contributed by atoms with E-state index in [0.29, 0.717) is 24.4 Å². The fourth-order valence-corrected chi connectivity index (χ4v) is 4.26. The summed E-state index contributed by atoms with van der Waals surface area (Å²) in [7, 11) is -1.08. The van der Waals surface area contributed by atoms with Crippen LogP contribution in [0.2, 0.25) is 0 Å². The van der Waals surface area contributed by atoms with Crippen molar-refractivity contribution in [1.82, 2.24) is 4.90 Å². The number of anilines is 1. The molecule has 1 aromatic carbocycles. The number of nitrogen functional groups attached to an aromatic ring is 1. The molecule has 7 heteroatoms. The first-order valence-corrected chi connectivity index (χ1v) is 8.75. The summed E-state index contributed by atoms with van der Waals surface area (Å²) < 4.78 is 28.4. The molecule has 1 saturated heterocycles. The van der Waals surface area contributed by atoms with E-state index < -0.39 is 15.9 Å². The van der Waals surface area contributed by atoms with E-state index in [2.05, 4.69) is 0 Å². The zero-order chi connectivity index (χ0) is 15.5. The SMILES string of the molecule is CN(CC(O)COc1cccc(N)c1)C1CCS(=O)(=O)C1. The third kappa shape index (κ3) is 4.87. The molecule has 1 heterocycles. The summed E-state index contributed by atoms with van der Waals surface area (Å²) in [5, 5.41) is 9.99. The second kappa shape index (κ2) is 6.64. The smallest absolute Gasteiger partial charge is 0.151 e. The van der Waals surface area contributed by atoms with Crippen LogP contribution in [0.25, 0.3) is 0 Å². The molecule has 0 spiro atoms. The van der Waals surface area contributed by atoms with Gasteiger partial charge in [0.25, 0.3) is 0 Å². The lowest BCUT2D eigenvalue weighted by Crippen LogP contribution is -2.40. The molecule has 0 radical (unpaired) electrons.